The SMILES string of the molecule is CC#N.FC(F)F. The van der Waals surface area contributed by atoms with Crippen molar-refractivity contribution in [2.45, 2.75) is 13.6 Å². The van der Waals surface area contributed by atoms with Crippen LogP contribution in [0.4, 0.5) is 13.2 Å². The highest BCUT2D eigenvalue weighted by molar-refractivity contribution is 4.51. The second-order valence-corrected chi connectivity index (χ2v) is 0.471. The van der Waals surface area contributed by atoms with Crippen molar-refractivity contribution in [2.75, 3.05) is 0 Å². The van der Waals surface area contributed by atoms with Crippen molar-refractivity contribution >= 4 is 0 Å². The molecule has 0 saturated heterocycles. The second-order valence-electron chi connectivity index (χ2n) is 0.471. The first kappa shape index (κ1) is 9.56. The van der Waals surface area contributed by atoms with Crippen molar-refractivity contribution in [3.8, 4) is 6.07 Å². The minimum absolute atomic E-state index is 1.43. The van der Waals surface area contributed by atoms with Gasteiger partial charge in [0, 0.05) is 6.92 Å². The zero-order valence-corrected chi connectivity index (χ0v) is 3.66. The highest BCUT2D eigenvalue weighted by Gasteiger charge is 1.86. The van der Waals surface area contributed by atoms with Crippen LogP contribution in [0.5, 0.6) is 0 Å². The molecule has 42 valence electrons. The highest BCUT2D eigenvalue weighted by atomic mass is 19.4. The fourth-order valence-electron chi connectivity index (χ4n) is 0. The minimum Gasteiger partial charge on any atom is -0.199 e. The monoisotopic (exact) mass is 111 g/mol. The third-order valence-corrected chi connectivity index (χ3v) is 0. The molecule has 0 N–H and O–H groups in total. The van der Waals surface area contributed by atoms with Gasteiger partial charge in [-0.2, -0.15) is 18.4 Å². The maximum Gasteiger partial charge on any atom is 0.379 e. The average molecular weight is 111 g/mol. The van der Waals surface area contributed by atoms with E-state index >= 15 is 0 Å². The van der Waals surface area contributed by atoms with Crippen LogP contribution in [0.1, 0.15) is 6.92 Å². The van der Waals surface area contributed by atoms with Gasteiger partial charge in [0.15, 0.2) is 0 Å². The van der Waals surface area contributed by atoms with Gasteiger partial charge in [-0.1, -0.05) is 0 Å². The molecule has 0 aliphatic rings. The maximum absolute atomic E-state index is 9.67. The highest BCUT2D eigenvalue weighted by Crippen LogP contribution is 1.87. The summed E-state index contributed by atoms with van der Waals surface area (Å²) in [5.74, 6) is 0. The molecule has 0 bridgehead atoms. The van der Waals surface area contributed by atoms with E-state index < -0.39 is 6.68 Å². The summed E-state index contributed by atoms with van der Waals surface area (Å²) in [6.45, 7) is -2.24. The van der Waals surface area contributed by atoms with E-state index in [-0.39, 0.29) is 0 Å². The Kier molecular flexibility index (Phi) is 12.3. The van der Waals surface area contributed by atoms with Gasteiger partial charge in [0.1, 0.15) is 0 Å². The lowest BCUT2D eigenvalue weighted by molar-refractivity contribution is 0.00819. The van der Waals surface area contributed by atoms with Crippen LogP contribution in [0, 0.1) is 11.3 Å². The van der Waals surface area contributed by atoms with Crippen LogP contribution in [0.3, 0.4) is 0 Å². The molecule has 7 heavy (non-hydrogen) atoms. The molecule has 0 unspecified atom stereocenters. The summed E-state index contributed by atoms with van der Waals surface area (Å²) in [7, 11) is 0. The van der Waals surface area contributed by atoms with E-state index in [2.05, 4.69) is 0 Å². The lowest BCUT2D eigenvalue weighted by Gasteiger charge is -1.65. The lowest BCUT2D eigenvalue weighted by Crippen LogP contribution is -1.65. The predicted molar refractivity (Wildman–Crippen MR) is 18.4 cm³/mol. The predicted octanol–water partition coefficient (Wildman–Crippen LogP) is 1.71. The topological polar surface area (TPSA) is 23.8 Å². The van der Waals surface area contributed by atoms with Crippen LogP contribution < -0.4 is 0 Å². The molecule has 0 atom stereocenters. The number of nitrogens with zero attached hydrogens (tertiary/aromatic N) is 1. The van der Waals surface area contributed by atoms with E-state index in [9.17, 15) is 13.2 Å². The van der Waals surface area contributed by atoms with Gasteiger partial charge in [-0.25, -0.2) is 0 Å². The van der Waals surface area contributed by atoms with Crippen molar-refractivity contribution in [2.24, 2.45) is 0 Å². The van der Waals surface area contributed by atoms with E-state index in [4.69, 9.17) is 5.26 Å². The van der Waals surface area contributed by atoms with Gasteiger partial charge in [-0.3, -0.25) is 0 Å². The normalized spacial score (nSPS) is 6.29. The van der Waals surface area contributed by atoms with Crippen molar-refractivity contribution < 1.29 is 13.2 Å². The average Bonchev–Trinajstić information content (AvgIpc) is 1.33. The fraction of sp³-hybridized carbons (Fsp3) is 0.667. The smallest absolute Gasteiger partial charge is 0.199 e. The quantitative estimate of drug-likeness (QED) is 0.466. The number of halogens is 3. The van der Waals surface area contributed by atoms with Crippen LogP contribution in [0.25, 0.3) is 0 Å². The van der Waals surface area contributed by atoms with Crippen LogP contribution in [-0.2, 0) is 0 Å². The van der Waals surface area contributed by atoms with Crippen molar-refractivity contribution in [1.29, 1.82) is 5.26 Å². The number of rotatable bonds is 0. The molecule has 0 fully saturated rings. The van der Waals surface area contributed by atoms with E-state index in [0.717, 1.165) is 0 Å². The molecule has 0 aromatic carbocycles. The summed E-state index contributed by atoms with van der Waals surface area (Å²) in [6, 6.07) is 1.75. The summed E-state index contributed by atoms with van der Waals surface area (Å²) in [5.41, 5.74) is 0. The Morgan fingerprint density at radius 3 is 1.43 bits per heavy atom. The minimum atomic E-state index is -3.67. The van der Waals surface area contributed by atoms with Gasteiger partial charge < -0.3 is 0 Å². The van der Waals surface area contributed by atoms with Gasteiger partial charge >= 0.3 is 6.68 Å². The van der Waals surface area contributed by atoms with E-state index in [0.29, 0.717) is 0 Å². The van der Waals surface area contributed by atoms with Gasteiger partial charge in [-0.05, 0) is 0 Å². The molecule has 0 aliphatic heterocycles. The summed E-state index contributed by atoms with van der Waals surface area (Å²) in [5, 5.41) is 7.32. The van der Waals surface area contributed by atoms with Crippen molar-refractivity contribution in [3.63, 3.8) is 0 Å². The first-order valence-electron chi connectivity index (χ1n) is 1.38. The van der Waals surface area contributed by atoms with E-state index in [1.54, 1.807) is 6.07 Å². The lowest BCUT2D eigenvalue weighted by atomic mass is 11.0. The Balaban J connectivity index is 0. The Hall–Kier alpha value is -0.720. The van der Waals surface area contributed by atoms with Crippen molar-refractivity contribution in [1.82, 2.24) is 0 Å². The Morgan fingerprint density at radius 2 is 1.43 bits per heavy atom. The molecule has 0 amide bonds. The number of hydrogen-bond acceptors (Lipinski definition) is 1. The number of alkyl halides is 3. The van der Waals surface area contributed by atoms with Crippen LogP contribution in [0.2, 0.25) is 0 Å². The Labute approximate surface area is 39.4 Å². The van der Waals surface area contributed by atoms with Gasteiger partial charge in [0.05, 0.1) is 6.07 Å². The molecule has 0 rings (SSSR count). The Morgan fingerprint density at radius 1 is 1.43 bits per heavy atom. The largest absolute Gasteiger partial charge is 0.379 e. The molecule has 0 aliphatic carbocycles. The molecule has 0 saturated carbocycles. The molecule has 0 aromatic rings. The van der Waals surface area contributed by atoms with Crippen LogP contribution in [-0.4, -0.2) is 6.68 Å². The van der Waals surface area contributed by atoms with Gasteiger partial charge in [0.25, 0.3) is 0 Å². The molecule has 0 heterocycles. The molecule has 0 radical (unpaired) electrons. The van der Waals surface area contributed by atoms with Crippen LogP contribution in [0.15, 0.2) is 0 Å². The summed E-state index contributed by atoms with van der Waals surface area (Å²) < 4.78 is 29.0. The first-order chi connectivity index (χ1) is 3.15. The maximum atomic E-state index is 9.67. The van der Waals surface area contributed by atoms with Crippen molar-refractivity contribution in [3.05, 3.63) is 0 Å². The first-order valence-corrected chi connectivity index (χ1v) is 1.38. The zero-order valence-electron chi connectivity index (χ0n) is 3.66. The number of hydrogen-bond donors (Lipinski definition) is 0. The zero-order chi connectivity index (χ0) is 6.28. The second kappa shape index (κ2) is 8.99. The number of nitriles is 1. The molecular weight excluding hydrogens is 107 g/mol. The van der Waals surface area contributed by atoms with Gasteiger partial charge in [0.2, 0.25) is 0 Å². The summed E-state index contributed by atoms with van der Waals surface area (Å²) >= 11 is 0. The van der Waals surface area contributed by atoms with E-state index in [1.165, 1.54) is 6.92 Å². The third kappa shape index (κ3) is 110. The molecule has 1 nitrogen and oxygen atoms in total. The summed E-state index contributed by atoms with van der Waals surface area (Å²) in [6.07, 6.45) is 0. The molecule has 0 spiro atoms. The third-order valence-electron chi connectivity index (χ3n) is 0. The standard InChI is InChI=1S/C2H3N.CHF3/c1-2-3;2-1(3)4/h1H3;1H. The summed E-state index contributed by atoms with van der Waals surface area (Å²) in [4.78, 5) is 0. The fourth-order valence-corrected chi connectivity index (χ4v) is 0. The van der Waals surface area contributed by atoms with E-state index in [1.807, 2.05) is 0 Å². The molecule has 0 aromatic heterocycles. The Bertz CT molecular complexity index is 52.9. The molecule has 4 heteroatoms. The van der Waals surface area contributed by atoms with Gasteiger partial charge in [-0.15, -0.1) is 0 Å². The van der Waals surface area contributed by atoms with Crippen LogP contribution >= 0.6 is 0 Å². The molecular formula is C3H4F3N.